The Hall–Kier alpha value is -2.08. The first-order chi connectivity index (χ1) is 14.8. The third-order valence-corrected chi connectivity index (χ3v) is 6.90. The number of aliphatic hydroxyl groups is 1. The Kier molecular flexibility index (Phi) is 6.03. The van der Waals surface area contributed by atoms with E-state index in [2.05, 4.69) is 0 Å². The molecule has 5 nitrogen and oxygen atoms in total. The fraction of sp³-hybridized carbons (Fsp3) is 0.417. The summed E-state index contributed by atoms with van der Waals surface area (Å²) in [5, 5.41) is 11.8. The standard InChI is InChI=1S/C24H25Cl2NO4/c1-3-20(14(2)28)27-22(15-7-9-17(25)10-8-15)19(16-5-4-6-18(26)11-16)12-24(23(27)30)13-21(29)31-24/h4-11,14,19-20,22,28H,3,12-13H2,1-2H3. The molecule has 4 rings (SSSR count). The average molecular weight is 462 g/mol. The van der Waals surface area contributed by atoms with Gasteiger partial charge in [0.05, 0.1) is 24.6 Å². The van der Waals surface area contributed by atoms with Crippen LogP contribution in [0.4, 0.5) is 0 Å². The monoisotopic (exact) mass is 461 g/mol. The van der Waals surface area contributed by atoms with Gasteiger partial charge in [-0.25, -0.2) is 0 Å². The molecule has 2 aliphatic heterocycles. The van der Waals surface area contributed by atoms with Crippen LogP contribution in [-0.2, 0) is 14.3 Å². The van der Waals surface area contributed by atoms with Crippen LogP contribution in [0.15, 0.2) is 48.5 Å². The molecule has 2 aromatic carbocycles. The highest BCUT2D eigenvalue weighted by Crippen LogP contribution is 2.52. The zero-order valence-electron chi connectivity index (χ0n) is 17.4. The molecule has 1 spiro atoms. The molecule has 5 atom stereocenters. The van der Waals surface area contributed by atoms with Crippen molar-refractivity contribution in [1.29, 1.82) is 0 Å². The number of ether oxygens (including phenoxy) is 1. The quantitative estimate of drug-likeness (QED) is 0.643. The van der Waals surface area contributed by atoms with Crippen molar-refractivity contribution in [3.8, 4) is 0 Å². The summed E-state index contributed by atoms with van der Waals surface area (Å²) in [7, 11) is 0. The predicted octanol–water partition coefficient (Wildman–Crippen LogP) is 4.90. The van der Waals surface area contributed by atoms with Crippen LogP contribution in [0.2, 0.25) is 10.0 Å². The summed E-state index contributed by atoms with van der Waals surface area (Å²) in [4.78, 5) is 27.3. The summed E-state index contributed by atoms with van der Waals surface area (Å²) < 4.78 is 5.50. The van der Waals surface area contributed by atoms with Gasteiger partial charge >= 0.3 is 5.97 Å². The fourth-order valence-electron chi connectivity index (χ4n) is 5.00. The average Bonchev–Trinajstić information content (AvgIpc) is 2.70. The third-order valence-electron chi connectivity index (χ3n) is 6.41. The molecule has 1 N–H and O–H groups in total. The van der Waals surface area contributed by atoms with Crippen LogP contribution in [0.25, 0.3) is 0 Å². The molecule has 2 aromatic rings. The van der Waals surface area contributed by atoms with Crippen LogP contribution < -0.4 is 0 Å². The van der Waals surface area contributed by atoms with Crippen LogP contribution in [0.5, 0.6) is 0 Å². The van der Waals surface area contributed by atoms with Gasteiger partial charge in [0.2, 0.25) is 5.60 Å². The summed E-state index contributed by atoms with van der Waals surface area (Å²) in [6.07, 6.45) is 0.204. The van der Waals surface area contributed by atoms with Gasteiger partial charge < -0.3 is 14.7 Å². The lowest BCUT2D eigenvalue weighted by molar-refractivity contribution is -0.214. The summed E-state index contributed by atoms with van der Waals surface area (Å²) in [6, 6.07) is 14.2. The van der Waals surface area contributed by atoms with Crippen LogP contribution in [0.1, 0.15) is 56.2 Å². The number of hydrogen-bond donors (Lipinski definition) is 1. The first-order valence-corrected chi connectivity index (χ1v) is 11.2. The first-order valence-electron chi connectivity index (χ1n) is 10.5. The molecule has 31 heavy (non-hydrogen) atoms. The zero-order valence-corrected chi connectivity index (χ0v) is 18.9. The topological polar surface area (TPSA) is 66.8 Å². The number of benzene rings is 2. The molecule has 5 unspecified atom stereocenters. The van der Waals surface area contributed by atoms with Gasteiger partial charge in [-0.15, -0.1) is 0 Å². The lowest BCUT2D eigenvalue weighted by atomic mass is 9.70. The van der Waals surface area contributed by atoms with E-state index in [0.29, 0.717) is 22.9 Å². The van der Waals surface area contributed by atoms with Gasteiger partial charge in [0, 0.05) is 22.4 Å². The highest BCUT2D eigenvalue weighted by molar-refractivity contribution is 6.30. The molecule has 0 aromatic heterocycles. The summed E-state index contributed by atoms with van der Waals surface area (Å²) in [5.74, 6) is -0.815. The lowest BCUT2D eigenvalue weighted by Gasteiger charge is -2.55. The van der Waals surface area contributed by atoms with E-state index in [4.69, 9.17) is 27.9 Å². The largest absolute Gasteiger partial charge is 0.448 e. The number of halogens is 2. The van der Waals surface area contributed by atoms with Crippen LogP contribution in [-0.4, -0.2) is 39.6 Å². The smallest absolute Gasteiger partial charge is 0.311 e. The van der Waals surface area contributed by atoms with E-state index in [1.165, 1.54) is 0 Å². The van der Waals surface area contributed by atoms with Crippen LogP contribution in [0.3, 0.4) is 0 Å². The maximum Gasteiger partial charge on any atom is 0.311 e. The molecule has 0 bridgehead atoms. The number of carbonyl (C=O) groups is 2. The number of nitrogens with zero attached hydrogens (tertiary/aromatic N) is 1. The summed E-state index contributed by atoms with van der Waals surface area (Å²) in [6.45, 7) is 3.62. The predicted molar refractivity (Wildman–Crippen MR) is 119 cm³/mol. The Bertz CT molecular complexity index is 983. The van der Waals surface area contributed by atoms with Crippen molar-refractivity contribution in [2.24, 2.45) is 0 Å². The minimum Gasteiger partial charge on any atom is -0.448 e. The Labute approximate surface area is 191 Å². The van der Waals surface area contributed by atoms with Gasteiger partial charge in [-0.05, 0) is 48.7 Å². The van der Waals surface area contributed by atoms with Crippen molar-refractivity contribution < 1.29 is 19.4 Å². The molecule has 0 aliphatic carbocycles. The molecule has 2 fully saturated rings. The molecular formula is C24H25Cl2NO4. The maximum absolute atomic E-state index is 13.8. The Balaban J connectivity index is 1.90. The summed E-state index contributed by atoms with van der Waals surface area (Å²) >= 11 is 12.4. The number of rotatable bonds is 5. The Morgan fingerprint density at radius 1 is 1.13 bits per heavy atom. The molecule has 2 saturated heterocycles. The highest BCUT2D eigenvalue weighted by Gasteiger charge is 2.62. The molecule has 0 radical (unpaired) electrons. The van der Waals surface area contributed by atoms with E-state index in [0.717, 1.165) is 11.1 Å². The van der Waals surface area contributed by atoms with Gasteiger partial charge in [-0.3, -0.25) is 9.59 Å². The van der Waals surface area contributed by atoms with E-state index < -0.39 is 17.7 Å². The molecule has 2 heterocycles. The van der Waals surface area contributed by atoms with E-state index in [1.807, 2.05) is 37.3 Å². The maximum atomic E-state index is 13.8. The number of carbonyl (C=O) groups excluding carboxylic acids is 2. The SMILES string of the molecule is CCC(C(C)O)N1C(=O)C2(CC(=O)O2)CC(c2cccc(Cl)c2)C1c1ccc(Cl)cc1. The third kappa shape index (κ3) is 3.95. The number of aliphatic hydroxyl groups excluding tert-OH is 1. The Morgan fingerprint density at radius 3 is 2.35 bits per heavy atom. The van der Waals surface area contributed by atoms with Crippen molar-refractivity contribution in [3.63, 3.8) is 0 Å². The van der Waals surface area contributed by atoms with Crippen molar-refractivity contribution in [1.82, 2.24) is 4.90 Å². The van der Waals surface area contributed by atoms with Gasteiger partial charge in [-0.1, -0.05) is 54.4 Å². The number of likely N-dealkylation sites (tertiary alicyclic amines) is 1. The minimum absolute atomic E-state index is 0.0446. The lowest BCUT2D eigenvalue weighted by Crippen LogP contribution is -2.67. The molecule has 7 heteroatoms. The van der Waals surface area contributed by atoms with Crippen molar-refractivity contribution >= 4 is 35.1 Å². The fourth-order valence-corrected chi connectivity index (χ4v) is 5.33. The molecule has 2 aliphatic rings. The number of hydrogen-bond acceptors (Lipinski definition) is 4. The van der Waals surface area contributed by atoms with Crippen molar-refractivity contribution in [3.05, 3.63) is 69.7 Å². The second-order valence-corrected chi connectivity index (χ2v) is 9.31. The second kappa shape index (κ2) is 8.45. The minimum atomic E-state index is -1.20. The number of amides is 1. The molecule has 1 amide bonds. The van der Waals surface area contributed by atoms with Crippen LogP contribution in [0, 0.1) is 0 Å². The van der Waals surface area contributed by atoms with Crippen LogP contribution >= 0.6 is 23.2 Å². The van der Waals surface area contributed by atoms with E-state index in [-0.39, 0.29) is 30.3 Å². The first kappa shape index (κ1) is 22.1. The van der Waals surface area contributed by atoms with Gasteiger partial charge in [0.15, 0.2) is 0 Å². The zero-order chi connectivity index (χ0) is 22.3. The van der Waals surface area contributed by atoms with E-state index in [1.54, 1.807) is 30.0 Å². The van der Waals surface area contributed by atoms with Gasteiger partial charge in [0.25, 0.3) is 5.91 Å². The highest BCUT2D eigenvalue weighted by atomic mass is 35.5. The number of piperidine rings is 1. The van der Waals surface area contributed by atoms with Crippen molar-refractivity contribution in [2.75, 3.05) is 0 Å². The molecule has 164 valence electrons. The molecule has 0 saturated carbocycles. The molecular weight excluding hydrogens is 437 g/mol. The Morgan fingerprint density at radius 2 is 1.81 bits per heavy atom. The van der Waals surface area contributed by atoms with E-state index in [9.17, 15) is 14.7 Å². The summed E-state index contributed by atoms with van der Waals surface area (Å²) in [5.41, 5.74) is 0.657. The van der Waals surface area contributed by atoms with Gasteiger partial charge in [-0.2, -0.15) is 0 Å². The second-order valence-electron chi connectivity index (χ2n) is 8.44. The van der Waals surface area contributed by atoms with Gasteiger partial charge in [0.1, 0.15) is 0 Å². The van der Waals surface area contributed by atoms with E-state index >= 15 is 0 Å². The number of esters is 1. The van der Waals surface area contributed by atoms with Crippen molar-refractivity contribution in [2.45, 2.75) is 62.8 Å². The normalized spacial score (nSPS) is 27.6.